The quantitative estimate of drug-likeness (QED) is 0.590. The van der Waals surface area contributed by atoms with Crippen LogP contribution >= 0.6 is 0 Å². The molecule has 1 heterocycles. The first-order valence-electron chi connectivity index (χ1n) is 8.56. The van der Waals surface area contributed by atoms with Gasteiger partial charge in [-0.15, -0.1) is 5.10 Å². The first-order valence-corrected chi connectivity index (χ1v) is 8.56. The highest BCUT2D eigenvalue weighted by atomic mass is 16.5. The summed E-state index contributed by atoms with van der Waals surface area (Å²) in [5, 5.41) is 11.2. The van der Waals surface area contributed by atoms with Gasteiger partial charge in [0.05, 0.1) is 24.9 Å². The molecule has 0 aliphatic heterocycles. The maximum Gasteiger partial charge on any atom is 0.255 e. The summed E-state index contributed by atoms with van der Waals surface area (Å²) in [7, 11) is 1.58. The van der Waals surface area contributed by atoms with Crippen molar-refractivity contribution >= 4 is 22.6 Å². The average Bonchev–Trinajstić information content (AvgIpc) is 3.12. The summed E-state index contributed by atoms with van der Waals surface area (Å²) in [4.78, 5) is 12.5. The Labute approximate surface area is 156 Å². The second kappa shape index (κ2) is 7.29. The van der Waals surface area contributed by atoms with Gasteiger partial charge in [-0.2, -0.15) is 0 Å². The molecule has 1 amide bonds. The highest BCUT2D eigenvalue weighted by Gasteiger charge is 2.10. The number of methoxy groups -OCH3 is 1. The number of rotatable bonds is 5. The van der Waals surface area contributed by atoms with Crippen LogP contribution in [0.5, 0.6) is 5.75 Å². The van der Waals surface area contributed by atoms with E-state index in [-0.39, 0.29) is 5.91 Å². The first-order chi connectivity index (χ1) is 13.2. The summed E-state index contributed by atoms with van der Waals surface area (Å²) >= 11 is 0. The molecule has 4 rings (SSSR count). The van der Waals surface area contributed by atoms with Crippen LogP contribution in [0.2, 0.25) is 0 Å². The van der Waals surface area contributed by atoms with E-state index in [0.717, 1.165) is 16.6 Å². The fourth-order valence-corrected chi connectivity index (χ4v) is 2.91. The summed E-state index contributed by atoms with van der Waals surface area (Å²) < 4.78 is 7.11. The van der Waals surface area contributed by atoms with Crippen molar-refractivity contribution in [1.29, 1.82) is 0 Å². The zero-order valence-electron chi connectivity index (χ0n) is 14.8. The van der Waals surface area contributed by atoms with Crippen LogP contribution in [0.3, 0.4) is 0 Å². The maximum atomic E-state index is 12.5. The number of hydrogen-bond donors (Lipinski definition) is 1. The Morgan fingerprint density at radius 2 is 1.74 bits per heavy atom. The number of aromatic nitrogens is 3. The second-order valence-corrected chi connectivity index (χ2v) is 6.09. The third kappa shape index (κ3) is 3.50. The third-order valence-corrected chi connectivity index (χ3v) is 4.32. The van der Waals surface area contributed by atoms with Gasteiger partial charge >= 0.3 is 0 Å². The molecule has 0 radical (unpaired) electrons. The van der Waals surface area contributed by atoms with E-state index >= 15 is 0 Å². The van der Waals surface area contributed by atoms with Gasteiger partial charge in [-0.1, -0.05) is 41.6 Å². The van der Waals surface area contributed by atoms with E-state index in [9.17, 15) is 4.79 Å². The van der Waals surface area contributed by atoms with E-state index in [1.54, 1.807) is 31.4 Å². The predicted molar refractivity (Wildman–Crippen MR) is 104 cm³/mol. The number of nitrogens with one attached hydrogen (secondary N) is 1. The first kappa shape index (κ1) is 16.8. The molecule has 0 fully saturated rings. The van der Waals surface area contributed by atoms with Crippen LogP contribution in [0.15, 0.2) is 72.8 Å². The molecule has 1 aromatic heterocycles. The van der Waals surface area contributed by atoms with Crippen LogP contribution < -0.4 is 10.1 Å². The van der Waals surface area contributed by atoms with Crippen molar-refractivity contribution in [2.24, 2.45) is 0 Å². The molecule has 6 heteroatoms. The lowest BCUT2D eigenvalue weighted by Crippen LogP contribution is -2.12. The Kier molecular flexibility index (Phi) is 4.53. The highest BCUT2D eigenvalue weighted by molar-refractivity contribution is 6.05. The lowest BCUT2D eigenvalue weighted by atomic mass is 10.1. The monoisotopic (exact) mass is 358 g/mol. The van der Waals surface area contributed by atoms with E-state index in [1.807, 2.05) is 53.2 Å². The van der Waals surface area contributed by atoms with Crippen LogP contribution in [-0.4, -0.2) is 28.0 Å². The third-order valence-electron chi connectivity index (χ3n) is 4.32. The number of carbonyl (C=O) groups is 1. The Hall–Kier alpha value is -3.67. The summed E-state index contributed by atoms with van der Waals surface area (Å²) in [6.07, 6.45) is 0. The number of anilines is 1. The molecule has 4 aromatic rings. The van der Waals surface area contributed by atoms with Crippen LogP contribution in [0.4, 0.5) is 5.69 Å². The molecule has 6 nitrogen and oxygen atoms in total. The number of hydrogen-bond acceptors (Lipinski definition) is 4. The van der Waals surface area contributed by atoms with Gasteiger partial charge in [0.15, 0.2) is 0 Å². The van der Waals surface area contributed by atoms with Crippen LogP contribution in [0.1, 0.15) is 15.9 Å². The zero-order chi connectivity index (χ0) is 18.6. The zero-order valence-corrected chi connectivity index (χ0v) is 14.8. The van der Waals surface area contributed by atoms with Gasteiger partial charge in [-0.25, -0.2) is 4.68 Å². The van der Waals surface area contributed by atoms with Gasteiger partial charge in [0, 0.05) is 5.56 Å². The van der Waals surface area contributed by atoms with Gasteiger partial charge < -0.3 is 10.1 Å². The number of amides is 1. The van der Waals surface area contributed by atoms with Crippen LogP contribution in [0, 0.1) is 0 Å². The van der Waals surface area contributed by atoms with Crippen molar-refractivity contribution in [2.75, 3.05) is 12.4 Å². The van der Waals surface area contributed by atoms with E-state index in [0.29, 0.717) is 23.5 Å². The second-order valence-electron chi connectivity index (χ2n) is 6.09. The summed E-state index contributed by atoms with van der Waals surface area (Å²) in [6.45, 7) is 0.592. The summed E-state index contributed by atoms with van der Waals surface area (Å²) in [5.74, 6) is 0.442. The van der Waals surface area contributed by atoms with Gasteiger partial charge in [0.1, 0.15) is 11.3 Å². The fraction of sp³-hybridized carbons (Fsp3) is 0.0952. The minimum absolute atomic E-state index is 0.183. The SMILES string of the molecule is COc1ccccc1NC(=O)c1ccc(Cn2nnc3ccccc32)cc1. The van der Waals surface area contributed by atoms with Crippen molar-refractivity contribution in [3.05, 3.63) is 83.9 Å². The molecule has 0 bridgehead atoms. The minimum atomic E-state index is -0.183. The average molecular weight is 358 g/mol. The van der Waals surface area contributed by atoms with E-state index < -0.39 is 0 Å². The normalized spacial score (nSPS) is 10.7. The largest absolute Gasteiger partial charge is 0.495 e. The lowest BCUT2D eigenvalue weighted by Gasteiger charge is -2.10. The molecule has 0 atom stereocenters. The molecule has 0 aliphatic carbocycles. The predicted octanol–water partition coefficient (Wildman–Crippen LogP) is 3.74. The summed E-state index contributed by atoms with van der Waals surface area (Å²) in [5.41, 5.74) is 4.11. The molecular weight excluding hydrogens is 340 g/mol. The lowest BCUT2D eigenvalue weighted by molar-refractivity contribution is 0.102. The maximum absolute atomic E-state index is 12.5. The topological polar surface area (TPSA) is 69.0 Å². The minimum Gasteiger partial charge on any atom is -0.495 e. The number of fused-ring (bicyclic) bond motifs is 1. The van der Waals surface area contributed by atoms with Crippen LogP contribution in [-0.2, 0) is 6.54 Å². The molecule has 1 N–H and O–H groups in total. The summed E-state index contributed by atoms with van der Waals surface area (Å²) in [6, 6.07) is 22.6. The van der Waals surface area contributed by atoms with E-state index in [1.165, 1.54) is 0 Å². The van der Waals surface area contributed by atoms with Gasteiger partial charge in [0.2, 0.25) is 0 Å². The van der Waals surface area contributed by atoms with Gasteiger partial charge in [0.25, 0.3) is 5.91 Å². The molecule has 0 spiro atoms. The Morgan fingerprint density at radius 1 is 1.00 bits per heavy atom. The van der Waals surface area contributed by atoms with Crippen LogP contribution in [0.25, 0.3) is 11.0 Å². The molecule has 134 valence electrons. The standard InChI is InChI=1S/C21H18N4O2/c1-27-20-9-5-3-7-18(20)22-21(26)16-12-10-15(11-13-16)14-25-19-8-4-2-6-17(19)23-24-25/h2-13H,14H2,1H3,(H,22,26). The Morgan fingerprint density at radius 3 is 2.56 bits per heavy atom. The molecule has 3 aromatic carbocycles. The smallest absolute Gasteiger partial charge is 0.255 e. The van der Waals surface area contributed by atoms with E-state index in [2.05, 4.69) is 15.6 Å². The molecule has 27 heavy (non-hydrogen) atoms. The van der Waals surface area contributed by atoms with Crippen molar-refractivity contribution in [3.8, 4) is 5.75 Å². The fourth-order valence-electron chi connectivity index (χ4n) is 2.91. The highest BCUT2D eigenvalue weighted by Crippen LogP contribution is 2.23. The number of ether oxygens (including phenoxy) is 1. The Balaban J connectivity index is 1.49. The van der Waals surface area contributed by atoms with Crippen molar-refractivity contribution in [1.82, 2.24) is 15.0 Å². The van der Waals surface area contributed by atoms with Gasteiger partial charge in [-0.3, -0.25) is 4.79 Å². The molecule has 0 unspecified atom stereocenters. The number of nitrogens with zero attached hydrogens (tertiary/aromatic N) is 3. The molecular formula is C21H18N4O2. The number of para-hydroxylation sites is 3. The van der Waals surface area contributed by atoms with Crippen molar-refractivity contribution in [2.45, 2.75) is 6.54 Å². The molecule has 0 saturated carbocycles. The number of benzene rings is 3. The number of carbonyl (C=O) groups excluding carboxylic acids is 1. The van der Waals surface area contributed by atoms with E-state index in [4.69, 9.17) is 4.74 Å². The van der Waals surface area contributed by atoms with Gasteiger partial charge in [-0.05, 0) is 42.0 Å². The molecule has 0 saturated heterocycles. The molecule has 0 aliphatic rings. The Bertz CT molecular complexity index is 1090. The van der Waals surface area contributed by atoms with Crippen molar-refractivity contribution in [3.63, 3.8) is 0 Å². The van der Waals surface area contributed by atoms with Crippen molar-refractivity contribution < 1.29 is 9.53 Å².